The molecule has 0 unspecified atom stereocenters. The van der Waals surface area contributed by atoms with Crippen molar-refractivity contribution in [3.63, 3.8) is 0 Å². The lowest BCUT2D eigenvalue weighted by Crippen LogP contribution is -2.26. The van der Waals surface area contributed by atoms with Gasteiger partial charge in [-0.3, -0.25) is 4.79 Å². The van der Waals surface area contributed by atoms with E-state index in [1.165, 1.54) is 19.1 Å². The van der Waals surface area contributed by atoms with Gasteiger partial charge in [0.15, 0.2) is 5.78 Å². The zero-order chi connectivity index (χ0) is 11.7. The quantitative estimate of drug-likeness (QED) is 0.524. The Balaban J connectivity index is 3.06. The van der Waals surface area contributed by atoms with Crippen molar-refractivity contribution in [2.75, 3.05) is 0 Å². The molecule has 1 fully saturated rings. The van der Waals surface area contributed by atoms with E-state index in [1.54, 1.807) is 6.92 Å². The number of hydrogen-bond donors (Lipinski definition) is 0. The van der Waals surface area contributed by atoms with E-state index in [9.17, 15) is 18.0 Å². The first kappa shape index (κ1) is 12.0. The molecule has 0 aromatic rings. The van der Waals surface area contributed by atoms with Gasteiger partial charge in [0, 0.05) is 0 Å². The van der Waals surface area contributed by atoms with E-state index in [0.29, 0.717) is 0 Å². The van der Waals surface area contributed by atoms with Crippen molar-refractivity contribution >= 4 is 5.78 Å². The molecule has 0 bridgehead atoms. The highest BCUT2D eigenvalue weighted by molar-refractivity contribution is 5.88. The average Bonchev–Trinajstić information content (AvgIpc) is 2.80. The molecule has 15 heavy (non-hydrogen) atoms. The lowest BCUT2D eigenvalue weighted by atomic mass is 9.93. The van der Waals surface area contributed by atoms with Crippen LogP contribution in [0.5, 0.6) is 0 Å². The Morgan fingerprint density at radius 3 is 2.13 bits per heavy atom. The van der Waals surface area contributed by atoms with Crippen molar-refractivity contribution in [2.45, 2.75) is 32.9 Å². The summed E-state index contributed by atoms with van der Waals surface area (Å²) < 4.78 is 38.2. The molecule has 84 valence electrons. The first-order valence-corrected chi connectivity index (χ1v) is 4.75. The normalized spacial score (nSPS) is 20.7. The molecule has 0 heterocycles. The Hall–Kier alpha value is -1.06. The Morgan fingerprint density at radius 1 is 1.33 bits per heavy atom. The van der Waals surface area contributed by atoms with Crippen LogP contribution in [0.25, 0.3) is 0 Å². The van der Waals surface area contributed by atoms with Gasteiger partial charge in [0.05, 0.1) is 5.41 Å². The topological polar surface area (TPSA) is 17.1 Å². The summed E-state index contributed by atoms with van der Waals surface area (Å²) in [7, 11) is 0. The molecule has 1 rings (SSSR count). The van der Waals surface area contributed by atoms with Gasteiger partial charge >= 0.3 is 6.18 Å². The van der Waals surface area contributed by atoms with E-state index in [1.807, 2.05) is 0 Å². The average molecular weight is 218 g/mol. The van der Waals surface area contributed by atoms with Gasteiger partial charge in [0.1, 0.15) is 0 Å². The molecular weight excluding hydrogens is 205 g/mol. The van der Waals surface area contributed by atoms with E-state index < -0.39 is 11.6 Å². The fourth-order valence-electron chi connectivity index (χ4n) is 1.61. The van der Waals surface area contributed by atoms with Crippen LogP contribution < -0.4 is 0 Å². The maximum atomic E-state index is 12.7. The Kier molecular flexibility index (Phi) is 3.07. The number of ketones is 1. The number of carbonyl (C=O) groups excluding carboxylic acids is 1. The molecule has 4 heteroatoms. The molecule has 0 N–H and O–H groups in total. The molecule has 1 saturated carbocycles. The van der Waals surface area contributed by atoms with Gasteiger partial charge in [-0.05, 0) is 38.3 Å². The molecule has 0 radical (unpaired) electrons. The van der Waals surface area contributed by atoms with Crippen LogP contribution >= 0.6 is 0 Å². The summed E-state index contributed by atoms with van der Waals surface area (Å²) in [4.78, 5) is 10.9. The van der Waals surface area contributed by atoms with Crippen LogP contribution in [0, 0.1) is 5.41 Å². The number of carbonyl (C=O) groups is 1. The molecule has 1 aliphatic carbocycles. The minimum absolute atomic E-state index is 0.0833. The van der Waals surface area contributed by atoms with Crippen LogP contribution in [0.1, 0.15) is 26.7 Å². The highest BCUT2D eigenvalue weighted by atomic mass is 19.4. The summed E-state index contributed by atoms with van der Waals surface area (Å²) >= 11 is 0. The van der Waals surface area contributed by atoms with Crippen molar-refractivity contribution in [3.05, 3.63) is 23.8 Å². The summed E-state index contributed by atoms with van der Waals surface area (Å²) in [6, 6.07) is 0. The Labute approximate surface area is 86.7 Å². The molecule has 0 aromatic carbocycles. The molecule has 1 nitrogen and oxygen atoms in total. The molecule has 0 aliphatic heterocycles. The minimum Gasteiger partial charge on any atom is -0.295 e. The number of halogens is 3. The van der Waals surface area contributed by atoms with Crippen LogP contribution in [0.3, 0.4) is 0 Å². The fraction of sp³-hybridized carbons (Fsp3) is 0.545. The Morgan fingerprint density at radius 2 is 1.87 bits per heavy atom. The number of alkyl halides is 3. The van der Waals surface area contributed by atoms with Crippen molar-refractivity contribution in [1.29, 1.82) is 0 Å². The second kappa shape index (κ2) is 3.83. The van der Waals surface area contributed by atoms with Gasteiger partial charge in [0.2, 0.25) is 0 Å². The SMILES string of the molecule is C/C=C\C(=C/C(C)=O)C1(C(F)(F)F)CC1. The lowest BCUT2D eigenvalue weighted by molar-refractivity contribution is -0.174. The molecule has 0 saturated heterocycles. The zero-order valence-corrected chi connectivity index (χ0v) is 8.69. The number of hydrogen-bond acceptors (Lipinski definition) is 1. The van der Waals surface area contributed by atoms with Crippen LogP contribution in [-0.4, -0.2) is 12.0 Å². The lowest BCUT2D eigenvalue weighted by Gasteiger charge is -2.20. The van der Waals surface area contributed by atoms with Gasteiger partial charge in [-0.25, -0.2) is 0 Å². The standard InChI is InChI=1S/C11H13F3O/c1-3-4-9(7-8(2)15)10(5-6-10)11(12,13)14/h3-4,7H,5-6H2,1-2H3/b4-3-,9-7+. The summed E-state index contributed by atoms with van der Waals surface area (Å²) in [6.45, 7) is 2.90. The molecule has 0 amide bonds. The van der Waals surface area contributed by atoms with Crippen molar-refractivity contribution in [2.24, 2.45) is 5.41 Å². The summed E-state index contributed by atoms with van der Waals surface area (Å²) in [6.07, 6.45) is -0.101. The highest BCUT2D eigenvalue weighted by Crippen LogP contribution is 2.62. The van der Waals surface area contributed by atoms with E-state index in [4.69, 9.17) is 0 Å². The van der Waals surface area contributed by atoms with Crippen molar-refractivity contribution < 1.29 is 18.0 Å². The van der Waals surface area contributed by atoms with Crippen LogP contribution in [0.4, 0.5) is 13.2 Å². The predicted molar refractivity (Wildman–Crippen MR) is 51.3 cm³/mol. The maximum absolute atomic E-state index is 12.7. The monoisotopic (exact) mass is 218 g/mol. The van der Waals surface area contributed by atoms with Gasteiger partial charge in [0.25, 0.3) is 0 Å². The molecule has 0 aromatic heterocycles. The van der Waals surface area contributed by atoms with E-state index in [2.05, 4.69) is 0 Å². The number of allylic oxidation sites excluding steroid dienone is 4. The first-order valence-electron chi connectivity index (χ1n) is 4.75. The second-order valence-corrected chi connectivity index (χ2v) is 3.79. The van der Waals surface area contributed by atoms with Gasteiger partial charge in [-0.1, -0.05) is 12.2 Å². The second-order valence-electron chi connectivity index (χ2n) is 3.79. The van der Waals surface area contributed by atoms with E-state index in [0.717, 1.165) is 6.08 Å². The summed E-state index contributed by atoms with van der Waals surface area (Å²) in [5.74, 6) is -0.348. The zero-order valence-electron chi connectivity index (χ0n) is 8.69. The third kappa shape index (κ3) is 2.30. The fourth-order valence-corrected chi connectivity index (χ4v) is 1.61. The Bertz CT molecular complexity index is 319. The van der Waals surface area contributed by atoms with E-state index >= 15 is 0 Å². The van der Waals surface area contributed by atoms with Crippen LogP contribution in [0.15, 0.2) is 23.8 Å². The predicted octanol–water partition coefficient (Wildman–Crippen LogP) is 3.42. The van der Waals surface area contributed by atoms with Crippen molar-refractivity contribution in [1.82, 2.24) is 0 Å². The van der Waals surface area contributed by atoms with Gasteiger partial charge in [-0.2, -0.15) is 13.2 Å². The van der Waals surface area contributed by atoms with Crippen LogP contribution in [-0.2, 0) is 4.79 Å². The summed E-state index contributed by atoms with van der Waals surface area (Å²) in [5, 5.41) is 0. The molecule has 0 atom stereocenters. The smallest absolute Gasteiger partial charge is 0.295 e. The maximum Gasteiger partial charge on any atom is 0.398 e. The van der Waals surface area contributed by atoms with Crippen LogP contribution in [0.2, 0.25) is 0 Å². The number of rotatable bonds is 3. The van der Waals surface area contributed by atoms with E-state index in [-0.39, 0.29) is 24.2 Å². The summed E-state index contributed by atoms with van der Waals surface area (Å²) in [5.41, 5.74) is -1.67. The third-order valence-corrected chi connectivity index (χ3v) is 2.55. The van der Waals surface area contributed by atoms with Gasteiger partial charge < -0.3 is 0 Å². The highest BCUT2D eigenvalue weighted by Gasteiger charge is 2.64. The first-order chi connectivity index (χ1) is 6.83. The minimum atomic E-state index is -4.26. The molecule has 0 spiro atoms. The molecule has 1 aliphatic rings. The third-order valence-electron chi connectivity index (χ3n) is 2.55. The molecular formula is C11H13F3O. The van der Waals surface area contributed by atoms with Crippen molar-refractivity contribution in [3.8, 4) is 0 Å². The largest absolute Gasteiger partial charge is 0.398 e. The van der Waals surface area contributed by atoms with Gasteiger partial charge in [-0.15, -0.1) is 0 Å².